The molecule has 0 unspecified atom stereocenters. The third-order valence-electron chi connectivity index (χ3n) is 14.1. The van der Waals surface area contributed by atoms with E-state index in [9.17, 15) is 28.8 Å². The second kappa shape index (κ2) is 27.1. The Morgan fingerprint density at radius 2 is 0.881 bits per heavy atom. The van der Waals surface area contributed by atoms with Crippen LogP contribution in [0.15, 0.2) is 194 Å². The standard InChI is InChI=1S/C34H29BrN2O4S.C34H30N2O5S/c1-4-37-31-15-9-23(33(39)27-8-6-5-7-21(27)2)19-28(31)29-20-24(10-16-32(29)37)34(40)30(36-41-22(3)38)17-18-42-26-13-11-25(35)12-14-26;1-5-36-31-16-10-23(33(38)27-9-7-6-8-21(27)2)18-28(31)29-19-24(11-17-32(29)36)34(39)30(35-41-22(3)37)20-42-26-14-12-25(40-4)13-15-26/h5-16,19-20H,4,17-18H2,1-3H3;6-19H,5,20H2,1-4H3/b36-30+;35-30+. The van der Waals surface area contributed by atoms with Crippen LogP contribution in [-0.4, -0.2) is 74.2 Å². The Kier molecular flexibility index (Phi) is 19.3. The molecule has 10 aromatic rings. The van der Waals surface area contributed by atoms with Crippen LogP contribution >= 0.6 is 39.5 Å². The average molecular weight is 1220 g/mol. The molecular formula is C68H59BrN4O9S2. The molecule has 0 bridgehead atoms. The van der Waals surface area contributed by atoms with Crippen molar-refractivity contribution in [3.8, 4) is 5.75 Å². The van der Waals surface area contributed by atoms with Crippen molar-refractivity contribution in [3.05, 3.63) is 219 Å². The smallest absolute Gasteiger partial charge is 0.331 e. The van der Waals surface area contributed by atoms with Crippen LogP contribution < -0.4 is 4.74 Å². The number of aromatic nitrogens is 2. The zero-order valence-corrected chi connectivity index (χ0v) is 50.6. The quantitative estimate of drug-likeness (QED) is 0.0234. The Morgan fingerprint density at radius 3 is 1.31 bits per heavy atom. The summed E-state index contributed by atoms with van der Waals surface area (Å²) in [4.78, 5) is 89.1. The van der Waals surface area contributed by atoms with Crippen LogP contribution in [0.1, 0.15) is 97.8 Å². The number of hydrogen-bond acceptors (Lipinski definition) is 13. The summed E-state index contributed by atoms with van der Waals surface area (Å²) in [6.45, 7) is 11.9. The first-order valence-corrected chi connectivity index (χ1v) is 29.9. The normalized spacial score (nSPS) is 11.6. The fraction of sp³-hybridized carbons (Fsp3) is 0.176. The van der Waals surface area contributed by atoms with E-state index < -0.39 is 11.9 Å². The van der Waals surface area contributed by atoms with Crippen molar-refractivity contribution in [3.63, 3.8) is 0 Å². The molecule has 0 fully saturated rings. The zero-order chi connectivity index (χ0) is 59.6. The molecule has 0 amide bonds. The van der Waals surface area contributed by atoms with E-state index in [2.05, 4.69) is 49.2 Å². The van der Waals surface area contributed by atoms with Crippen molar-refractivity contribution in [1.29, 1.82) is 0 Å². The van der Waals surface area contributed by atoms with E-state index in [-0.39, 0.29) is 40.3 Å². The molecular weight excluding hydrogens is 1160 g/mol. The van der Waals surface area contributed by atoms with Crippen molar-refractivity contribution in [2.24, 2.45) is 10.3 Å². The summed E-state index contributed by atoms with van der Waals surface area (Å²) < 4.78 is 10.5. The Bertz CT molecular complexity index is 4260. The van der Waals surface area contributed by atoms with Gasteiger partial charge in [0.1, 0.15) is 17.2 Å². The number of methoxy groups -OCH3 is 1. The number of Topliss-reactive ketones (excluding diaryl/α,β-unsaturated/α-hetero) is 2. The highest BCUT2D eigenvalue weighted by Gasteiger charge is 2.23. The largest absolute Gasteiger partial charge is 0.497 e. The molecule has 13 nitrogen and oxygen atoms in total. The van der Waals surface area contributed by atoms with Crippen LogP contribution in [0.2, 0.25) is 0 Å². The SMILES string of the molecule is CCn1c2ccc(C(=O)/C(CCSc3ccc(Br)cc3)=N/OC(C)=O)cc2c2cc(C(=O)c3ccccc3C)ccc21.CCn1c2ccc(C(=O)/C(CSc3ccc(OC)cc3)=N/OC(C)=O)cc2c2cc(C(=O)c3ccccc3C)ccc21. The number of nitrogens with zero attached hydrogens (tertiary/aromatic N) is 4. The van der Waals surface area contributed by atoms with Gasteiger partial charge >= 0.3 is 11.9 Å². The highest BCUT2D eigenvalue weighted by Crippen LogP contribution is 2.34. The van der Waals surface area contributed by atoms with Crippen molar-refractivity contribution >= 4 is 130 Å². The number of carbonyl (C=O) groups excluding carboxylic acids is 6. The second-order valence-corrected chi connectivity index (χ2v) is 22.8. The number of thioether (sulfide) groups is 2. The van der Waals surface area contributed by atoms with Gasteiger partial charge in [0.25, 0.3) is 0 Å². The summed E-state index contributed by atoms with van der Waals surface area (Å²) in [7, 11) is 1.60. The number of aryl methyl sites for hydroxylation is 4. The first-order valence-electron chi connectivity index (χ1n) is 27.1. The molecule has 0 radical (unpaired) electrons. The number of oxime groups is 2. The highest BCUT2D eigenvalue weighted by atomic mass is 79.9. The number of ketones is 4. The number of rotatable bonds is 20. The lowest BCUT2D eigenvalue weighted by molar-refractivity contribution is -0.141. The number of hydrogen-bond donors (Lipinski definition) is 0. The first kappa shape index (κ1) is 59.9. The van der Waals surface area contributed by atoms with Crippen LogP contribution in [0, 0.1) is 13.8 Å². The van der Waals surface area contributed by atoms with Gasteiger partial charge in [-0.15, -0.1) is 23.5 Å². The Labute approximate surface area is 503 Å². The van der Waals surface area contributed by atoms with Gasteiger partial charge in [0.2, 0.25) is 11.6 Å². The second-order valence-electron chi connectivity index (χ2n) is 19.6. The van der Waals surface area contributed by atoms with Crippen molar-refractivity contribution in [1.82, 2.24) is 9.13 Å². The summed E-state index contributed by atoms with van der Waals surface area (Å²) in [6.07, 6.45) is 0.316. The third-order valence-corrected chi connectivity index (χ3v) is 16.7. The van der Waals surface area contributed by atoms with Crippen molar-refractivity contribution in [2.45, 2.75) is 70.8 Å². The maximum atomic E-state index is 13.7. The summed E-state index contributed by atoms with van der Waals surface area (Å²) in [5, 5.41) is 11.3. The van der Waals surface area contributed by atoms with Crippen LogP contribution in [0.25, 0.3) is 43.6 Å². The predicted molar refractivity (Wildman–Crippen MR) is 340 cm³/mol. The van der Waals surface area contributed by atoms with Gasteiger partial charge in [-0.3, -0.25) is 19.2 Å². The zero-order valence-electron chi connectivity index (χ0n) is 47.4. The predicted octanol–water partition coefficient (Wildman–Crippen LogP) is 15.7. The van der Waals surface area contributed by atoms with E-state index >= 15 is 0 Å². The van der Waals surface area contributed by atoms with E-state index in [1.807, 2.05) is 172 Å². The molecule has 0 aliphatic heterocycles. The molecule has 2 heterocycles. The molecule has 2 aromatic heterocycles. The minimum Gasteiger partial charge on any atom is -0.497 e. The molecule has 0 aliphatic rings. The fourth-order valence-electron chi connectivity index (χ4n) is 9.95. The Morgan fingerprint density at radius 1 is 0.488 bits per heavy atom. The lowest BCUT2D eigenvalue weighted by Crippen LogP contribution is -2.18. The van der Waals surface area contributed by atoms with E-state index in [0.29, 0.717) is 45.6 Å². The van der Waals surface area contributed by atoms with E-state index in [1.54, 1.807) is 31.0 Å². The average Bonchev–Trinajstić information content (AvgIpc) is 2.36. The van der Waals surface area contributed by atoms with Crippen LogP contribution in [0.5, 0.6) is 5.75 Å². The van der Waals surface area contributed by atoms with Gasteiger partial charge < -0.3 is 23.5 Å². The van der Waals surface area contributed by atoms with Crippen LogP contribution in [-0.2, 0) is 32.4 Å². The van der Waals surface area contributed by atoms with E-state index in [0.717, 1.165) is 87.8 Å². The molecule has 84 heavy (non-hydrogen) atoms. The van der Waals surface area contributed by atoms with Gasteiger partial charge in [0.05, 0.1) is 7.11 Å². The molecule has 0 aliphatic carbocycles. The molecule has 0 spiro atoms. The monoisotopic (exact) mass is 1220 g/mol. The molecule has 0 saturated heterocycles. The maximum Gasteiger partial charge on any atom is 0.331 e. The molecule has 10 rings (SSSR count). The molecule has 8 aromatic carbocycles. The van der Waals surface area contributed by atoms with Crippen molar-refractivity contribution < 1.29 is 43.2 Å². The molecule has 16 heteroatoms. The minimum atomic E-state index is -0.609. The number of ether oxygens (including phenoxy) is 1. The van der Waals surface area contributed by atoms with E-state index in [1.165, 1.54) is 25.6 Å². The van der Waals surface area contributed by atoms with E-state index in [4.69, 9.17) is 14.4 Å². The fourth-order valence-corrected chi connectivity index (χ4v) is 11.9. The maximum absolute atomic E-state index is 13.7. The van der Waals surface area contributed by atoms with Gasteiger partial charge in [0.15, 0.2) is 11.6 Å². The number of fused-ring (bicyclic) bond motifs is 6. The van der Waals surface area contributed by atoms with Gasteiger partial charge in [-0.25, -0.2) is 9.59 Å². The highest BCUT2D eigenvalue weighted by molar-refractivity contribution is 9.10. The third kappa shape index (κ3) is 13.5. The Hall–Kier alpha value is -8.70. The summed E-state index contributed by atoms with van der Waals surface area (Å²) >= 11 is 6.43. The molecule has 0 N–H and O–H groups in total. The first-order chi connectivity index (χ1) is 40.6. The van der Waals surface area contributed by atoms with Gasteiger partial charge in [-0.05, 0) is 160 Å². The van der Waals surface area contributed by atoms with Crippen LogP contribution in [0.3, 0.4) is 0 Å². The molecule has 0 atom stereocenters. The van der Waals surface area contributed by atoms with Gasteiger partial charge in [-0.1, -0.05) is 74.8 Å². The lowest BCUT2D eigenvalue weighted by Gasteiger charge is -2.07. The van der Waals surface area contributed by atoms with Crippen LogP contribution in [0.4, 0.5) is 0 Å². The summed E-state index contributed by atoms with van der Waals surface area (Å²) in [5.74, 6) is -0.437. The Balaban J connectivity index is 0.000000202. The summed E-state index contributed by atoms with van der Waals surface area (Å²) in [6, 6.07) is 53.0. The minimum absolute atomic E-state index is 0.0429. The lowest BCUT2D eigenvalue weighted by atomic mass is 9.97. The summed E-state index contributed by atoms with van der Waals surface area (Å²) in [5.41, 5.74) is 9.34. The number of carbonyl (C=O) groups is 6. The molecule has 0 saturated carbocycles. The topological polar surface area (TPSA) is 165 Å². The number of benzene rings is 8. The van der Waals surface area contributed by atoms with Gasteiger partial charge in [-0.2, -0.15) is 0 Å². The van der Waals surface area contributed by atoms with Gasteiger partial charge in [0, 0.05) is 136 Å². The number of halogens is 1. The van der Waals surface area contributed by atoms with Crippen molar-refractivity contribution in [2.75, 3.05) is 18.6 Å². The molecule has 424 valence electrons.